The van der Waals surface area contributed by atoms with Gasteiger partial charge in [-0.05, 0) is 23.1 Å². The van der Waals surface area contributed by atoms with Gasteiger partial charge in [-0.1, -0.05) is 44.7 Å². The average molecular weight is 321 g/mol. The summed E-state index contributed by atoms with van der Waals surface area (Å²) in [5, 5.41) is 18.5. The molecule has 0 bridgehead atoms. The maximum Gasteiger partial charge on any atom is 0.190 e. The number of thioether (sulfide) groups is 1. The molecule has 0 aliphatic rings. The Morgan fingerprint density at radius 2 is 1.95 bits per heavy atom. The number of aryl methyl sites for hydroxylation is 1. The number of aliphatic hydroxyl groups is 1. The molecule has 1 atom stereocenters. The van der Waals surface area contributed by atoms with Crippen LogP contribution < -0.4 is 4.74 Å². The first-order valence-electron chi connectivity index (χ1n) is 7.24. The molecule has 1 heterocycles. The quantitative estimate of drug-likeness (QED) is 0.829. The smallest absolute Gasteiger partial charge is 0.190 e. The molecule has 2 aromatic rings. The van der Waals surface area contributed by atoms with Gasteiger partial charge in [0, 0.05) is 12.8 Å². The summed E-state index contributed by atoms with van der Waals surface area (Å²) in [5.41, 5.74) is 1.39. The molecule has 0 saturated heterocycles. The van der Waals surface area contributed by atoms with Crippen LogP contribution in [0.25, 0.3) is 0 Å². The van der Waals surface area contributed by atoms with E-state index in [2.05, 4.69) is 43.1 Å². The van der Waals surface area contributed by atoms with Crippen LogP contribution in [-0.4, -0.2) is 38.3 Å². The molecule has 0 fully saturated rings. The van der Waals surface area contributed by atoms with Gasteiger partial charge in [-0.25, -0.2) is 0 Å². The van der Waals surface area contributed by atoms with E-state index in [1.807, 2.05) is 23.7 Å². The molecular formula is C16H23N3O2S. The maximum absolute atomic E-state index is 9.98. The number of rotatable bonds is 6. The van der Waals surface area contributed by atoms with E-state index in [9.17, 15) is 5.11 Å². The second kappa shape index (κ2) is 7.15. The van der Waals surface area contributed by atoms with Gasteiger partial charge in [0.05, 0.1) is 6.10 Å². The maximum atomic E-state index is 9.98. The van der Waals surface area contributed by atoms with E-state index in [0.717, 1.165) is 10.9 Å². The van der Waals surface area contributed by atoms with Crippen LogP contribution in [0.2, 0.25) is 0 Å². The molecule has 0 aliphatic carbocycles. The lowest BCUT2D eigenvalue weighted by Crippen LogP contribution is -2.20. The Morgan fingerprint density at radius 1 is 1.27 bits per heavy atom. The first kappa shape index (κ1) is 16.8. The fourth-order valence-electron chi connectivity index (χ4n) is 1.87. The number of aliphatic hydroxyl groups excluding tert-OH is 1. The summed E-state index contributed by atoms with van der Waals surface area (Å²) >= 11 is 1.46. The molecule has 0 saturated carbocycles. The first-order valence-corrected chi connectivity index (χ1v) is 8.23. The van der Waals surface area contributed by atoms with Crippen molar-refractivity contribution in [2.45, 2.75) is 37.4 Å². The van der Waals surface area contributed by atoms with E-state index in [-0.39, 0.29) is 12.0 Å². The van der Waals surface area contributed by atoms with E-state index in [1.165, 1.54) is 17.3 Å². The van der Waals surface area contributed by atoms with Crippen LogP contribution in [0.4, 0.5) is 0 Å². The summed E-state index contributed by atoms with van der Waals surface area (Å²) in [6.07, 6.45) is 1.09. The van der Waals surface area contributed by atoms with Crippen LogP contribution in [0, 0.1) is 0 Å². The molecule has 120 valence electrons. The molecule has 22 heavy (non-hydrogen) atoms. The predicted molar refractivity (Wildman–Crippen MR) is 88.4 cm³/mol. The lowest BCUT2D eigenvalue weighted by Gasteiger charge is -2.19. The van der Waals surface area contributed by atoms with Crippen molar-refractivity contribution < 1.29 is 9.84 Å². The summed E-state index contributed by atoms with van der Waals surface area (Å²) in [6, 6.07) is 8.03. The first-order chi connectivity index (χ1) is 10.4. The van der Waals surface area contributed by atoms with Crippen molar-refractivity contribution in [3.63, 3.8) is 0 Å². The van der Waals surface area contributed by atoms with Gasteiger partial charge in [-0.15, -0.1) is 10.2 Å². The summed E-state index contributed by atoms with van der Waals surface area (Å²) in [5.74, 6) is 1.29. The highest BCUT2D eigenvalue weighted by Gasteiger charge is 2.13. The molecule has 6 heteroatoms. The minimum absolute atomic E-state index is 0.130. The van der Waals surface area contributed by atoms with Gasteiger partial charge in [-0.3, -0.25) is 0 Å². The number of ether oxygens (including phenoxy) is 1. The lowest BCUT2D eigenvalue weighted by atomic mass is 9.87. The van der Waals surface area contributed by atoms with Crippen molar-refractivity contribution in [2.24, 2.45) is 7.05 Å². The van der Waals surface area contributed by atoms with Crippen molar-refractivity contribution in [3.05, 3.63) is 36.2 Å². The van der Waals surface area contributed by atoms with Crippen molar-refractivity contribution >= 4 is 11.8 Å². The second-order valence-electron chi connectivity index (χ2n) is 6.27. The monoisotopic (exact) mass is 321 g/mol. The molecule has 2 rings (SSSR count). The fourth-order valence-corrected chi connectivity index (χ4v) is 2.66. The fraction of sp³-hybridized carbons (Fsp3) is 0.500. The van der Waals surface area contributed by atoms with Gasteiger partial charge in [0.1, 0.15) is 18.7 Å². The number of aromatic nitrogens is 3. The highest BCUT2D eigenvalue weighted by molar-refractivity contribution is 7.99. The van der Waals surface area contributed by atoms with Gasteiger partial charge in [0.15, 0.2) is 5.16 Å². The van der Waals surface area contributed by atoms with Gasteiger partial charge >= 0.3 is 0 Å². The molecule has 0 radical (unpaired) electrons. The molecule has 0 amide bonds. The van der Waals surface area contributed by atoms with Crippen molar-refractivity contribution in [1.82, 2.24) is 14.8 Å². The Morgan fingerprint density at radius 3 is 2.50 bits per heavy atom. The topological polar surface area (TPSA) is 60.2 Å². The number of hydrogen-bond donors (Lipinski definition) is 1. The standard InChI is InChI=1S/C16H23N3O2S/c1-16(2,3)12-5-7-14(8-6-12)21-9-13(20)10-22-15-18-17-11-19(15)4/h5-8,11,13,20H,9-10H2,1-4H3/t13-/m0/s1. The summed E-state index contributed by atoms with van der Waals surface area (Å²) in [7, 11) is 1.88. The van der Waals surface area contributed by atoms with E-state index in [0.29, 0.717) is 5.75 Å². The number of benzene rings is 1. The predicted octanol–water partition coefficient (Wildman–Crippen LogP) is 2.64. The van der Waals surface area contributed by atoms with Crippen LogP contribution in [0.1, 0.15) is 26.3 Å². The molecule has 1 aromatic heterocycles. The van der Waals surface area contributed by atoms with Crippen molar-refractivity contribution in [3.8, 4) is 5.75 Å². The van der Waals surface area contributed by atoms with Gasteiger partial charge in [0.25, 0.3) is 0 Å². The Labute approximate surface area is 135 Å². The molecule has 1 aromatic carbocycles. The summed E-state index contributed by atoms with van der Waals surface area (Å²) in [6.45, 7) is 6.79. The molecule has 0 spiro atoms. The van der Waals surface area contributed by atoms with E-state index >= 15 is 0 Å². The SMILES string of the molecule is Cn1cnnc1SC[C@@H](O)COc1ccc(C(C)(C)C)cc1. The zero-order valence-electron chi connectivity index (χ0n) is 13.5. The Kier molecular flexibility index (Phi) is 5.47. The second-order valence-corrected chi connectivity index (χ2v) is 7.26. The average Bonchev–Trinajstić information content (AvgIpc) is 2.88. The normalized spacial score (nSPS) is 13.1. The minimum atomic E-state index is -0.552. The van der Waals surface area contributed by atoms with Crippen molar-refractivity contribution in [2.75, 3.05) is 12.4 Å². The van der Waals surface area contributed by atoms with Crippen LogP contribution >= 0.6 is 11.8 Å². The van der Waals surface area contributed by atoms with Crippen LogP contribution in [0.3, 0.4) is 0 Å². The minimum Gasteiger partial charge on any atom is -0.491 e. The molecule has 0 aliphatic heterocycles. The van der Waals surface area contributed by atoms with E-state index in [4.69, 9.17) is 4.74 Å². The van der Waals surface area contributed by atoms with Gasteiger partial charge < -0.3 is 14.4 Å². The zero-order chi connectivity index (χ0) is 16.2. The van der Waals surface area contributed by atoms with E-state index < -0.39 is 6.10 Å². The third-order valence-corrected chi connectivity index (χ3v) is 4.42. The number of hydrogen-bond acceptors (Lipinski definition) is 5. The third kappa shape index (κ3) is 4.74. The molecule has 1 N–H and O–H groups in total. The Balaban J connectivity index is 1.78. The molecule has 0 unspecified atom stereocenters. The Hall–Kier alpha value is -1.53. The Bertz CT molecular complexity index is 590. The summed E-state index contributed by atoms with van der Waals surface area (Å²) in [4.78, 5) is 0. The van der Waals surface area contributed by atoms with Crippen LogP contribution in [0.5, 0.6) is 5.75 Å². The molecular weight excluding hydrogens is 298 g/mol. The van der Waals surface area contributed by atoms with Crippen LogP contribution in [-0.2, 0) is 12.5 Å². The largest absolute Gasteiger partial charge is 0.491 e. The van der Waals surface area contributed by atoms with Crippen LogP contribution in [0.15, 0.2) is 35.7 Å². The summed E-state index contributed by atoms with van der Waals surface area (Å²) < 4.78 is 7.45. The number of nitrogens with zero attached hydrogens (tertiary/aromatic N) is 3. The zero-order valence-corrected chi connectivity index (χ0v) is 14.3. The van der Waals surface area contributed by atoms with Gasteiger partial charge in [-0.2, -0.15) is 0 Å². The highest BCUT2D eigenvalue weighted by Crippen LogP contribution is 2.24. The van der Waals surface area contributed by atoms with E-state index in [1.54, 1.807) is 6.33 Å². The third-order valence-electron chi connectivity index (χ3n) is 3.24. The molecule has 5 nitrogen and oxygen atoms in total. The van der Waals surface area contributed by atoms with Gasteiger partial charge in [0.2, 0.25) is 0 Å². The highest BCUT2D eigenvalue weighted by atomic mass is 32.2. The lowest BCUT2D eigenvalue weighted by molar-refractivity contribution is 0.126. The van der Waals surface area contributed by atoms with Crippen molar-refractivity contribution in [1.29, 1.82) is 0 Å².